The minimum absolute atomic E-state index is 0.116. The van der Waals surface area contributed by atoms with Gasteiger partial charge in [0, 0.05) is 24.5 Å². The molecule has 0 atom stereocenters. The van der Waals surface area contributed by atoms with E-state index in [1.54, 1.807) is 35.7 Å². The number of nitrogens with one attached hydrogen (secondary N) is 1. The molecule has 22 heavy (non-hydrogen) atoms. The zero-order chi connectivity index (χ0) is 15.4. The number of aromatic nitrogens is 3. The molecular weight excluding hydrogens is 320 g/mol. The predicted octanol–water partition coefficient (Wildman–Crippen LogP) is 3.13. The fraction of sp³-hybridized carbons (Fsp3) is 0.133. The Morgan fingerprint density at radius 3 is 2.95 bits per heavy atom. The van der Waals surface area contributed by atoms with Gasteiger partial charge in [-0.3, -0.25) is 4.79 Å². The fourth-order valence-corrected chi connectivity index (χ4v) is 2.85. The zero-order valence-corrected chi connectivity index (χ0v) is 13.1. The van der Waals surface area contributed by atoms with Crippen molar-refractivity contribution in [2.45, 2.75) is 6.54 Å². The molecule has 0 aromatic carbocycles. The number of anilines is 1. The molecule has 0 saturated heterocycles. The highest BCUT2D eigenvalue weighted by atomic mass is 35.5. The lowest BCUT2D eigenvalue weighted by atomic mass is 10.3. The van der Waals surface area contributed by atoms with Gasteiger partial charge in [0.2, 0.25) is 0 Å². The third kappa shape index (κ3) is 3.52. The van der Waals surface area contributed by atoms with Gasteiger partial charge < -0.3 is 5.32 Å². The molecule has 3 aromatic rings. The fourth-order valence-electron chi connectivity index (χ4n) is 1.98. The molecule has 0 radical (unpaired) electrons. The molecule has 3 aromatic heterocycles. The first-order chi connectivity index (χ1) is 10.7. The van der Waals surface area contributed by atoms with E-state index in [-0.39, 0.29) is 5.56 Å². The number of hydrogen-bond acceptors (Lipinski definition) is 5. The van der Waals surface area contributed by atoms with Crippen LogP contribution in [0.25, 0.3) is 10.6 Å². The molecule has 0 spiro atoms. The van der Waals surface area contributed by atoms with E-state index in [4.69, 9.17) is 11.6 Å². The molecule has 3 rings (SSSR count). The second-order valence-electron chi connectivity index (χ2n) is 4.55. The summed E-state index contributed by atoms with van der Waals surface area (Å²) in [6.07, 6.45) is 1.63. The number of thiophene rings is 1. The van der Waals surface area contributed by atoms with E-state index in [1.165, 1.54) is 4.68 Å². The summed E-state index contributed by atoms with van der Waals surface area (Å²) < 4.78 is 1.46. The maximum atomic E-state index is 11.9. The van der Waals surface area contributed by atoms with Gasteiger partial charge >= 0.3 is 0 Å². The van der Waals surface area contributed by atoms with Crippen LogP contribution in [0.5, 0.6) is 0 Å². The molecule has 3 heterocycles. The van der Waals surface area contributed by atoms with Crippen molar-refractivity contribution < 1.29 is 0 Å². The standard InChI is InChI=1S/C15H13ClN4OS/c16-14-10-11(5-6-18-14)17-7-8-20-15(21)4-3-12(19-20)13-2-1-9-22-13/h1-6,9-10H,7-8H2,(H,17,18). The molecule has 0 aliphatic rings. The van der Waals surface area contributed by atoms with Gasteiger partial charge in [-0.1, -0.05) is 17.7 Å². The highest BCUT2D eigenvalue weighted by Crippen LogP contribution is 2.21. The Morgan fingerprint density at radius 2 is 2.18 bits per heavy atom. The summed E-state index contributed by atoms with van der Waals surface area (Å²) in [7, 11) is 0. The second kappa shape index (κ2) is 6.72. The van der Waals surface area contributed by atoms with Crippen LogP contribution >= 0.6 is 22.9 Å². The average Bonchev–Trinajstić information content (AvgIpc) is 3.03. The van der Waals surface area contributed by atoms with E-state index in [1.807, 2.05) is 23.6 Å². The molecule has 0 unspecified atom stereocenters. The van der Waals surface area contributed by atoms with Crippen LogP contribution in [0.2, 0.25) is 5.15 Å². The highest BCUT2D eigenvalue weighted by Gasteiger charge is 2.04. The van der Waals surface area contributed by atoms with Crippen molar-refractivity contribution in [2.75, 3.05) is 11.9 Å². The molecule has 5 nitrogen and oxygen atoms in total. The summed E-state index contributed by atoms with van der Waals surface area (Å²) >= 11 is 7.42. The predicted molar refractivity (Wildman–Crippen MR) is 89.5 cm³/mol. The molecule has 0 saturated carbocycles. The van der Waals surface area contributed by atoms with E-state index < -0.39 is 0 Å². The van der Waals surface area contributed by atoms with Crippen molar-refractivity contribution in [3.05, 3.63) is 63.5 Å². The minimum Gasteiger partial charge on any atom is -0.383 e. The molecule has 0 bridgehead atoms. The first-order valence-electron chi connectivity index (χ1n) is 6.70. The van der Waals surface area contributed by atoms with E-state index in [0.29, 0.717) is 18.2 Å². The normalized spacial score (nSPS) is 10.6. The summed E-state index contributed by atoms with van der Waals surface area (Å²) in [5, 5.41) is 10.0. The second-order valence-corrected chi connectivity index (χ2v) is 5.89. The van der Waals surface area contributed by atoms with Crippen molar-refractivity contribution in [3.8, 4) is 10.6 Å². The van der Waals surface area contributed by atoms with Crippen molar-refractivity contribution in [2.24, 2.45) is 0 Å². The topological polar surface area (TPSA) is 59.8 Å². The Kier molecular flexibility index (Phi) is 4.50. The van der Waals surface area contributed by atoms with Gasteiger partial charge in [-0.25, -0.2) is 9.67 Å². The Bertz CT molecular complexity index is 816. The summed E-state index contributed by atoms with van der Waals surface area (Å²) in [6.45, 7) is 1.04. The third-order valence-corrected chi connectivity index (χ3v) is 4.12. The Labute approximate surface area is 136 Å². The van der Waals surface area contributed by atoms with Crippen molar-refractivity contribution in [1.82, 2.24) is 14.8 Å². The van der Waals surface area contributed by atoms with E-state index in [2.05, 4.69) is 15.4 Å². The van der Waals surface area contributed by atoms with E-state index >= 15 is 0 Å². The van der Waals surface area contributed by atoms with Crippen LogP contribution in [0, 0.1) is 0 Å². The number of hydrogen-bond donors (Lipinski definition) is 1. The van der Waals surface area contributed by atoms with Gasteiger partial charge in [-0.15, -0.1) is 11.3 Å². The third-order valence-electron chi connectivity index (χ3n) is 3.02. The first-order valence-corrected chi connectivity index (χ1v) is 7.95. The smallest absolute Gasteiger partial charge is 0.266 e. The molecule has 1 N–H and O–H groups in total. The summed E-state index contributed by atoms with van der Waals surface area (Å²) in [4.78, 5) is 16.8. The van der Waals surface area contributed by atoms with Gasteiger partial charge in [0.1, 0.15) is 10.8 Å². The van der Waals surface area contributed by atoms with Crippen LogP contribution in [0.4, 0.5) is 5.69 Å². The van der Waals surface area contributed by atoms with Crippen LogP contribution in [-0.2, 0) is 6.54 Å². The molecule has 0 aliphatic heterocycles. The van der Waals surface area contributed by atoms with Crippen LogP contribution in [0.3, 0.4) is 0 Å². The van der Waals surface area contributed by atoms with Crippen LogP contribution in [0.1, 0.15) is 0 Å². The molecular formula is C15H13ClN4OS. The van der Waals surface area contributed by atoms with Crippen LogP contribution in [0.15, 0.2) is 52.8 Å². The summed E-state index contributed by atoms with van der Waals surface area (Å²) in [5.41, 5.74) is 1.55. The summed E-state index contributed by atoms with van der Waals surface area (Å²) in [6, 6.07) is 10.8. The first kappa shape index (κ1) is 14.7. The number of nitrogens with zero attached hydrogens (tertiary/aromatic N) is 3. The molecule has 0 amide bonds. The maximum Gasteiger partial charge on any atom is 0.266 e. The van der Waals surface area contributed by atoms with E-state index in [9.17, 15) is 4.79 Å². The minimum atomic E-state index is -0.116. The van der Waals surface area contributed by atoms with Crippen molar-refractivity contribution in [3.63, 3.8) is 0 Å². The van der Waals surface area contributed by atoms with E-state index in [0.717, 1.165) is 16.3 Å². The number of rotatable bonds is 5. The lowest BCUT2D eigenvalue weighted by Crippen LogP contribution is -2.25. The Balaban J connectivity index is 1.70. The number of halogens is 1. The lowest BCUT2D eigenvalue weighted by Gasteiger charge is -2.08. The Hall–Kier alpha value is -2.18. The monoisotopic (exact) mass is 332 g/mol. The van der Waals surface area contributed by atoms with Gasteiger partial charge in [-0.05, 0) is 29.6 Å². The average molecular weight is 333 g/mol. The SMILES string of the molecule is O=c1ccc(-c2cccs2)nn1CCNc1ccnc(Cl)c1. The molecule has 0 fully saturated rings. The highest BCUT2D eigenvalue weighted by molar-refractivity contribution is 7.13. The van der Waals surface area contributed by atoms with Crippen LogP contribution < -0.4 is 10.9 Å². The molecule has 0 aliphatic carbocycles. The van der Waals surface area contributed by atoms with Crippen molar-refractivity contribution in [1.29, 1.82) is 0 Å². The zero-order valence-electron chi connectivity index (χ0n) is 11.6. The van der Waals surface area contributed by atoms with Gasteiger partial charge in [0.05, 0.1) is 11.4 Å². The van der Waals surface area contributed by atoms with Gasteiger partial charge in [-0.2, -0.15) is 5.10 Å². The van der Waals surface area contributed by atoms with Crippen molar-refractivity contribution >= 4 is 28.6 Å². The quantitative estimate of drug-likeness (QED) is 0.729. The van der Waals surface area contributed by atoms with Crippen LogP contribution in [-0.4, -0.2) is 21.3 Å². The Morgan fingerprint density at radius 1 is 1.27 bits per heavy atom. The van der Waals surface area contributed by atoms with Gasteiger partial charge in [0.25, 0.3) is 5.56 Å². The largest absolute Gasteiger partial charge is 0.383 e. The molecule has 112 valence electrons. The van der Waals surface area contributed by atoms with Gasteiger partial charge in [0.15, 0.2) is 0 Å². The molecule has 7 heteroatoms. The summed E-state index contributed by atoms with van der Waals surface area (Å²) in [5.74, 6) is 0. The maximum absolute atomic E-state index is 11.9. The lowest BCUT2D eigenvalue weighted by molar-refractivity contribution is 0.601. The number of pyridine rings is 1.